The second-order valence-corrected chi connectivity index (χ2v) is 9.33. The Bertz CT molecular complexity index is 1320. The van der Waals surface area contributed by atoms with Gasteiger partial charge < -0.3 is 14.8 Å². The fraction of sp³-hybridized carbons (Fsp3) is 0.154. The molecule has 1 aliphatic rings. The van der Waals surface area contributed by atoms with Crippen molar-refractivity contribution in [1.29, 1.82) is 0 Å². The Kier molecular flexibility index (Phi) is 5.76. The molecule has 0 bridgehead atoms. The predicted octanol–water partition coefficient (Wildman–Crippen LogP) is 6.57. The first-order valence-electron chi connectivity index (χ1n) is 10.7. The average Bonchev–Trinajstić information content (AvgIpc) is 3.31. The van der Waals surface area contributed by atoms with E-state index in [1.165, 1.54) is 12.1 Å². The maximum Gasteiger partial charge on any atom is 0.174 e. The zero-order valence-corrected chi connectivity index (χ0v) is 20.6. The number of rotatable bonds is 4. The minimum absolute atomic E-state index is 0.153. The first kappa shape index (κ1) is 21.8. The van der Waals surface area contributed by atoms with Gasteiger partial charge in [-0.05, 0) is 102 Å². The number of aromatic nitrogens is 2. The van der Waals surface area contributed by atoms with E-state index in [0.29, 0.717) is 5.11 Å². The van der Waals surface area contributed by atoms with Crippen molar-refractivity contribution in [3.05, 3.63) is 112 Å². The summed E-state index contributed by atoms with van der Waals surface area (Å²) in [7, 11) is 0. The highest BCUT2D eigenvalue weighted by Crippen LogP contribution is 2.44. The van der Waals surface area contributed by atoms with Crippen LogP contribution in [0.5, 0.6) is 0 Å². The summed E-state index contributed by atoms with van der Waals surface area (Å²) in [6.07, 6.45) is 1.79. The number of hydrogen-bond donors (Lipinski definition) is 1. The van der Waals surface area contributed by atoms with Gasteiger partial charge in [-0.1, -0.05) is 18.2 Å². The highest BCUT2D eigenvalue weighted by Gasteiger charge is 2.42. The highest BCUT2D eigenvalue weighted by atomic mass is 79.9. The Morgan fingerprint density at radius 3 is 2.42 bits per heavy atom. The minimum atomic E-state index is -0.276. The molecule has 0 saturated carbocycles. The molecule has 1 aliphatic heterocycles. The van der Waals surface area contributed by atoms with Gasteiger partial charge in [-0.2, -0.15) is 0 Å². The lowest BCUT2D eigenvalue weighted by Gasteiger charge is -2.28. The van der Waals surface area contributed by atoms with E-state index in [2.05, 4.69) is 61.7 Å². The van der Waals surface area contributed by atoms with Gasteiger partial charge in [-0.15, -0.1) is 0 Å². The van der Waals surface area contributed by atoms with E-state index in [4.69, 9.17) is 12.2 Å². The van der Waals surface area contributed by atoms with Gasteiger partial charge in [0.1, 0.15) is 5.82 Å². The van der Waals surface area contributed by atoms with Gasteiger partial charge >= 0.3 is 0 Å². The highest BCUT2D eigenvalue weighted by molar-refractivity contribution is 9.10. The van der Waals surface area contributed by atoms with Crippen LogP contribution in [0.3, 0.4) is 0 Å². The van der Waals surface area contributed by atoms with Crippen molar-refractivity contribution >= 4 is 38.9 Å². The van der Waals surface area contributed by atoms with Gasteiger partial charge in [0.15, 0.2) is 5.11 Å². The number of halogens is 2. The SMILES string of the molecule is Cc1cc([C@H]2[C@H](c3ccccn3)NC(=S)N2c2ccc(F)cc2)c(C)n1-c1ccccc1Br. The molecule has 3 heterocycles. The molecule has 4 aromatic rings. The van der Waals surface area contributed by atoms with Crippen LogP contribution in [0.1, 0.15) is 34.7 Å². The number of aryl methyl sites for hydroxylation is 1. The molecule has 0 amide bonds. The topological polar surface area (TPSA) is 33.1 Å². The van der Waals surface area contributed by atoms with Crippen LogP contribution in [0.15, 0.2) is 83.5 Å². The summed E-state index contributed by atoms with van der Waals surface area (Å²) in [5, 5.41) is 4.06. The predicted molar refractivity (Wildman–Crippen MR) is 137 cm³/mol. The van der Waals surface area contributed by atoms with Crippen molar-refractivity contribution in [1.82, 2.24) is 14.9 Å². The molecule has 166 valence electrons. The molecule has 5 rings (SSSR count). The van der Waals surface area contributed by atoms with Gasteiger partial charge in [0.2, 0.25) is 0 Å². The molecule has 1 fully saturated rings. The first-order valence-corrected chi connectivity index (χ1v) is 11.9. The Hall–Kier alpha value is -3.03. The summed E-state index contributed by atoms with van der Waals surface area (Å²) in [5.41, 5.74) is 6.18. The molecule has 0 spiro atoms. The van der Waals surface area contributed by atoms with Gasteiger partial charge in [0, 0.05) is 27.7 Å². The standard InChI is InChI=1S/C26H22BrFN4S/c1-16-15-20(17(2)31(16)23-9-4-3-7-21(23)27)25-24(22-8-5-6-14-29-22)30-26(33)32(25)19-12-10-18(28)11-13-19/h3-15,24-25H,1-2H3,(H,30,33)/t24-,25-/m0/s1. The van der Waals surface area contributed by atoms with Crippen LogP contribution >= 0.6 is 28.1 Å². The smallest absolute Gasteiger partial charge is 0.174 e. The largest absolute Gasteiger partial charge is 0.351 e. The Morgan fingerprint density at radius 2 is 1.73 bits per heavy atom. The van der Waals surface area contributed by atoms with Gasteiger partial charge in [-0.25, -0.2) is 4.39 Å². The molecule has 4 nitrogen and oxygen atoms in total. The Balaban J connectivity index is 1.69. The van der Waals surface area contributed by atoms with Crippen LogP contribution in [0.4, 0.5) is 10.1 Å². The summed E-state index contributed by atoms with van der Waals surface area (Å²) >= 11 is 9.48. The summed E-state index contributed by atoms with van der Waals surface area (Å²) in [4.78, 5) is 6.69. The molecule has 0 unspecified atom stereocenters. The van der Waals surface area contributed by atoms with E-state index in [9.17, 15) is 4.39 Å². The van der Waals surface area contributed by atoms with Crippen molar-refractivity contribution < 1.29 is 4.39 Å². The summed E-state index contributed by atoms with van der Waals surface area (Å²) in [6.45, 7) is 4.23. The minimum Gasteiger partial charge on any atom is -0.351 e. The Labute approximate surface area is 206 Å². The van der Waals surface area contributed by atoms with Crippen LogP contribution in [0.2, 0.25) is 0 Å². The number of nitrogens with one attached hydrogen (secondary N) is 1. The number of pyridine rings is 1. The summed E-state index contributed by atoms with van der Waals surface area (Å²) in [6, 6.07) is 22.4. The third-order valence-corrected chi connectivity index (χ3v) is 7.07. The number of hydrogen-bond acceptors (Lipinski definition) is 2. The van der Waals surface area contributed by atoms with Crippen molar-refractivity contribution in [3.8, 4) is 5.69 Å². The molecule has 1 saturated heterocycles. The molecule has 2 aromatic heterocycles. The zero-order valence-electron chi connectivity index (χ0n) is 18.2. The lowest BCUT2D eigenvalue weighted by Crippen LogP contribution is -2.29. The van der Waals surface area contributed by atoms with Crippen LogP contribution < -0.4 is 10.2 Å². The van der Waals surface area contributed by atoms with Crippen LogP contribution in [0.25, 0.3) is 5.69 Å². The van der Waals surface area contributed by atoms with E-state index in [1.54, 1.807) is 18.3 Å². The van der Waals surface area contributed by atoms with Crippen molar-refractivity contribution in [3.63, 3.8) is 0 Å². The summed E-state index contributed by atoms with van der Waals surface area (Å²) in [5.74, 6) is -0.276. The molecule has 2 aromatic carbocycles. The van der Waals surface area contributed by atoms with Gasteiger partial charge in [-0.3, -0.25) is 4.98 Å². The van der Waals surface area contributed by atoms with Crippen LogP contribution in [0, 0.1) is 19.7 Å². The molecule has 0 radical (unpaired) electrons. The Morgan fingerprint density at radius 1 is 1.00 bits per heavy atom. The van der Waals surface area contributed by atoms with Gasteiger partial charge in [0.05, 0.1) is 23.5 Å². The van der Waals surface area contributed by atoms with E-state index in [1.807, 2.05) is 36.4 Å². The van der Waals surface area contributed by atoms with E-state index in [-0.39, 0.29) is 17.9 Å². The van der Waals surface area contributed by atoms with Crippen LogP contribution in [-0.2, 0) is 0 Å². The molecular weight excluding hydrogens is 499 g/mol. The molecular formula is C26H22BrFN4S. The third-order valence-electron chi connectivity index (χ3n) is 6.09. The van der Waals surface area contributed by atoms with E-state index < -0.39 is 0 Å². The number of benzene rings is 2. The second kappa shape index (κ2) is 8.72. The van der Waals surface area contributed by atoms with E-state index >= 15 is 0 Å². The number of anilines is 1. The van der Waals surface area contributed by atoms with Crippen molar-refractivity contribution in [2.75, 3.05) is 4.90 Å². The maximum absolute atomic E-state index is 13.7. The third kappa shape index (κ3) is 3.85. The normalized spacial score (nSPS) is 17.9. The van der Waals surface area contributed by atoms with Crippen molar-refractivity contribution in [2.24, 2.45) is 0 Å². The molecule has 1 N–H and O–H groups in total. The van der Waals surface area contributed by atoms with Crippen molar-refractivity contribution in [2.45, 2.75) is 25.9 Å². The number of para-hydroxylation sites is 1. The van der Waals surface area contributed by atoms with Crippen LogP contribution in [-0.4, -0.2) is 14.7 Å². The lowest BCUT2D eigenvalue weighted by atomic mass is 9.96. The van der Waals surface area contributed by atoms with Gasteiger partial charge in [0.25, 0.3) is 0 Å². The maximum atomic E-state index is 13.7. The quantitative estimate of drug-likeness (QED) is 0.308. The number of thiocarbonyl (C=S) groups is 1. The summed E-state index contributed by atoms with van der Waals surface area (Å²) < 4.78 is 17.0. The first-order chi connectivity index (χ1) is 16.0. The average molecular weight is 521 g/mol. The monoisotopic (exact) mass is 520 g/mol. The fourth-order valence-corrected chi connectivity index (χ4v) is 5.45. The number of nitrogens with zero attached hydrogens (tertiary/aromatic N) is 3. The molecule has 7 heteroatoms. The molecule has 2 atom stereocenters. The molecule has 0 aliphatic carbocycles. The fourth-order valence-electron chi connectivity index (χ4n) is 4.64. The van der Waals surface area contributed by atoms with E-state index in [0.717, 1.165) is 38.5 Å². The molecule has 33 heavy (non-hydrogen) atoms. The zero-order chi connectivity index (χ0) is 23.1. The second-order valence-electron chi connectivity index (χ2n) is 8.09. The lowest BCUT2D eigenvalue weighted by molar-refractivity contribution is 0.565.